The van der Waals surface area contributed by atoms with Crippen LogP contribution in [0.15, 0.2) is 41.5 Å². The molecule has 1 aromatic carbocycles. The maximum Gasteiger partial charge on any atom is 0.509 e. The van der Waals surface area contributed by atoms with Crippen LogP contribution in [0.3, 0.4) is 0 Å². The first-order chi connectivity index (χ1) is 28.9. The molecule has 3 N–H and O–H groups in total. The van der Waals surface area contributed by atoms with E-state index in [1.54, 1.807) is 6.07 Å². The number of carbonyl (C=O) groups is 7. The molecule has 1 spiro atoms. The largest absolute Gasteiger partial charge is 0.509 e. The molecule has 2 saturated heterocycles. The molecule has 2 bridgehead atoms. The Morgan fingerprint density at radius 2 is 1.56 bits per heavy atom. The van der Waals surface area contributed by atoms with Crippen molar-refractivity contribution in [1.29, 1.82) is 0 Å². The third kappa shape index (κ3) is 7.48. The zero-order valence-corrected chi connectivity index (χ0v) is 36.1. The quantitative estimate of drug-likeness (QED) is 0.192. The monoisotopic (exact) mass is 897 g/mol. The van der Waals surface area contributed by atoms with Gasteiger partial charge in [0.05, 0.1) is 29.6 Å². The number of fused-ring (bicyclic) bond motifs is 4. The van der Waals surface area contributed by atoms with Crippen molar-refractivity contribution in [2.24, 2.45) is 16.7 Å². The van der Waals surface area contributed by atoms with Crippen LogP contribution < -0.4 is 5.32 Å². The number of ketones is 1. The lowest BCUT2D eigenvalue weighted by molar-refractivity contribution is -0.345. The minimum atomic E-state index is -5.54. The average molecular weight is 898 g/mol. The number of nitrogens with one attached hydrogen (secondary N) is 1. The molecule has 2 heterocycles. The number of hydrogen-bond acceptors (Lipinski definition) is 17. The number of rotatable bonds is 8. The van der Waals surface area contributed by atoms with Gasteiger partial charge in [-0.25, -0.2) is 19.2 Å². The number of esters is 4. The molecule has 1 amide bonds. The highest BCUT2D eigenvalue weighted by atomic mass is 19.4. The van der Waals surface area contributed by atoms with Gasteiger partial charge in [0.1, 0.15) is 11.7 Å². The summed E-state index contributed by atoms with van der Waals surface area (Å²) >= 11 is 0. The zero-order chi connectivity index (χ0) is 47.2. The number of hydrogen-bond donors (Lipinski definition) is 3. The standard InChI is InChI=1S/C42H50F3NO17/c1-18-24-26(57-19(2)47)28(50)38(9)22(49)16-23-40(17-56-23,61-20(3)48)27(38)30(59-31(51)21-14-12-11-13-15-21)41(37(24,7)8)29(60-35(54)63-41)25(18)58-33(52)39(10,55)32(42(43,44)45)46-34(53)62-36(4,5)6/h11-15,22-23,25-27,29-30,32,49,55H,16-17H2,1-10H3,(H,46,53)/t22-,23+,25+,26+,27-,29-,30-,32+,38+,39+,40-,41+/m0/s1. The molecule has 0 radical (unpaired) electrons. The first kappa shape index (κ1) is 47.2. The van der Waals surface area contributed by atoms with Crippen molar-refractivity contribution in [1.82, 2.24) is 5.32 Å². The lowest BCUT2D eigenvalue weighted by Gasteiger charge is -2.67. The van der Waals surface area contributed by atoms with E-state index in [2.05, 4.69) is 0 Å². The lowest BCUT2D eigenvalue weighted by Crippen LogP contribution is -2.83. The Morgan fingerprint density at radius 1 is 0.937 bits per heavy atom. The lowest BCUT2D eigenvalue weighted by atomic mass is 9.44. The highest BCUT2D eigenvalue weighted by Gasteiger charge is 2.83. The number of aliphatic hydroxyl groups is 2. The predicted octanol–water partition coefficient (Wildman–Crippen LogP) is 3.56. The highest BCUT2D eigenvalue weighted by Crippen LogP contribution is 2.67. The van der Waals surface area contributed by atoms with Crippen LogP contribution in [-0.2, 0) is 57.1 Å². The van der Waals surface area contributed by atoms with Crippen molar-refractivity contribution < 1.29 is 94.8 Å². The van der Waals surface area contributed by atoms with Crippen molar-refractivity contribution in [3.63, 3.8) is 0 Å². The molecule has 6 rings (SSSR count). The van der Waals surface area contributed by atoms with Crippen molar-refractivity contribution in [3.8, 4) is 0 Å². The summed E-state index contributed by atoms with van der Waals surface area (Å²) in [5.41, 5.74) is -14.4. The van der Waals surface area contributed by atoms with Crippen LogP contribution in [0, 0.1) is 16.7 Å². The van der Waals surface area contributed by atoms with Crippen LogP contribution >= 0.6 is 0 Å². The summed E-state index contributed by atoms with van der Waals surface area (Å²) in [6, 6.07) is 3.92. The van der Waals surface area contributed by atoms with Crippen molar-refractivity contribution in [2.45, 2.75) is 147 Å². The van der Waals surface area contributed by atoms with Gasteiger partial charge in [-0.1, -0.05) is 32.0 Å². The number of Topliss-reactive ketones (excluding diaryl/α,β-unsaturated/α-hetero) is 1. The third-order valence-electron chi connectivity index (χ3n) is 12.8. The van der Waals surface area contributed by atoms with Gasteiger partial charge in [0.2, 0.25) is 5.60 Å². The van der Waals surface area contributed by atoms with Gasteiger partial charge in [0.25, 0.3) is 0 Å². The van der Waals surface area contributed by atoms with Gasteiger partial charge < -0.3 is 53.4 Å². The summed E-state index contributed by atoms with van der Waals surface area (Å²) < 4.78 is 90.6. The summed E-state index contributed by atoms with van der Waals surface area (Å²) in [5, 5.41) is 25.0. The molecule has 0 aromatic heterocycles. The molecular weight excluding hydrogens is 847 g/mol. The fourth-order valence-electron chi connectivity index (χ4n) is 10.1. The number of aliphatic hydroxyl groups excluding tert-OH is 1. The van der Waals surface area contributed by atoms with Crippen LogP contribution in [0.2, 0.25) is 0 Å². The van der Waals surface area contributed by atoms with Gasteiger partial charge in [-0.2, -0.15) is 13.2 Å². The van der Waals surface area contributed by atoms with Crippen LogP contribution in [0.4, 0.5) is 22.8 Å². The SMILES string of the molecule is CC(=O)O[C@H]1C(=O)[C@@]2(C)[C@H]([C@H](OC(=O)c3ccccc3)[C@]34OC(=O)O[C@H]3[C@H](OC(=O)[C@](C)(O)[C@@H](NC(=O)OC(C)(C)C)C(F)(F)F)C(C)=C1C4(C)C)[C@]1(OC(C)=O)CO[C@@H]1C[C@@H]2O. The van der Waals surface area contributed by atoms with Gasteiger partial charge in [0, 0.05) is 25.7 Å². The average Bonchev–Trinajstić information content (AvgIpc) is 3.51. The van der Waals surface area contributed by atoms with Crippen LogP contribution in [0.5, 0.6) is 0 Å². The molecule has 1 aromatic rings. The van der Waals surface area contributed by atoms with E-state index in [4.69, 9.17) is 37.9 Å². The van der Waals surface area contributed by atoms with Gasteiger partial charge in [-0.05, 0) is 64.8 Å². The smallest absolute Gasteiger partial charge is 0.454 e. The van der Waals surface area contributed by atoms with Gasteiger partial charge in [-0.3, -0.25) is 14.4 Å². The molecule has 2 aliphatic heterocycles. The second kappa shape index (κ2) is 15.5. The maximum atomic E-state index is 15.5. The molecule has 4 fully saturated rings. The minimum Gasteiger partial charge on any atom is -0.454 e. The van der Waals surface area contributed by atoms with E-state index < -0.39 is 137 Å². The Bertz CT molecular complexity index is 2130. The number of alkyl halides is 3. The Morgan fingerprint density at radius 3 is 2.08 bits per heavy atom. The molecule has 346 valence electrons. The number of ether oxygens (including phenoxy) is 8. The molecule has 18 nitrogen and oxygen atoms in total. The molecule has 5 aliphatic rings. The molecule has 21 heteroatoms. The summed E-state index contributed by atoms with van der Waals surface area (Å²) in [7, 11) is 0. The number of benzene rings is 1. The first-order valence-electron chi connectivity index (χ1n) is 19.9. The molecule has 12 atom stereocenters. The second-order valence-corrected chi connectivity index (χ2v) is 18.4. The maximum absolute atomic E-state index is 15.5. The fourth-order valence-corrected chi connectivity index (χ4v) is 10.1. The van der Waals surface area contributed by atoms with E-state index in [-0.39, 0.29) is 23.1 Å². The van der Waals surface area contributed by atoms with E-state index in [1.807, 2.05) is 0 Å². The Hall–Kier alpha value is -5.28. The molecule has 2 saturated carbocycles. The number of alkyl carbamates (subject to hydrolysis) is 1. The predicted molar refractivity (Wildman–Crippen MR) is 203 cm³/mol. The molecule has 3 aliphatic carbocycles. The third-order valence-corrected chi connectivity index (χ3v) is 12.8. The molecule has 0 unspecified atom stereocenters. The normalized spacial score (nSPS) is 34.6. The van der Waals surface area contributed by atoms with Gasteiger partial charge >= 0.3 is 42.3 Å². The van der Waals surface area contributed by atoms with Crippen LogP contribution in [0.25, 0.3) is 0 Å². The van der Waals surface area contributed by atoms with E-state index in [9.17, 15) is 52.2 Å². The summed E-state index contributed by atoms with van der Waals surface area (Å²) in [4.78, 5) is 96.6. The van der Waals surface area contributed by atoms with Crippen LogP contribution in [0.1, 0.15) is 86.0 Å². The second-order valence-electron chi connectivity index (χ2n) is 18.4. The number of amides is 1. The van der Waals surface area contributed by atoms with Crippen molar-refractivity contribution in [3.05, 3.63) is 47.0 Å². The topological polar surface area (TPSA) is 246 Å². The van der Waals surface area contributed by atoms with Crippen molar-refractivity contribution >= 4 is 41.9 Å². The van der Waals surface area contributed by atoms with Gasteiger partial charge in [-0.15, -0.1) is 0 Å². The highest BCUT2D eigenvalue weighted by molar-refractivity contribution is 5.96. The van der Waals surface area contributed by atoms with E-state index in [0.717, 1.165) is 13.8 Å². The first-order valence-corrected chi connectivity index (χ1v) is 19.9. The van der Waals surface area contributed by atoms with E-state index in [0.29, 0.717) is 6.92 Å². The summed E-state index contributed by atoms with van der Waals surface area (Å²) in [6.07, 6.45) is -20.4. The number of carbonyl (C=O) groups excluding carboxylic acids is 7. The Labute approximate surface area is 359 Å². The Kier molecular flexibility index (Phi) is 11.6. The minimum absolute atomic E-state index is 0.0851. The van der Waals surface area contributed by atoms with E-state index in [1.165, 1.54) is 78.0 Å². The van der Waals surface area contributed by atoms with Crippen molar-refractivity contribution in [2.75, 3.05) is 6.61 Å². The number of halogens is 3. The molecule has 63 heavy (non-hydrogen) atoms. The van der Waals surface area contributed by atoms with Crippen LogP contribution in [-0.4, -0.2) is 130 Å². The Balaban J connectivity index is 1.64. The zero-order valence-electron chi connectivity index (χ0n) is 36.1. The van der Waals surface area contributed by atoms with Gasteiger partial charge in [0.15, 0.2) is 47.4 Å². The van der Waals surface area contributed by atoms with E-state index >= 15 is 4.79 Å². The molecular formula is C42H50F3NO17. The summed E-state index contributed by atoms with van der Waals surface area (Å²) in [6.45, 7) is 11.3. The summed E-state index contributed by atoms with van der Waals surface area (Å²) in [5.74, 6) is -7.99. The fraction of sp³-hybridized carbons (Fsp3) is 0.643.